The zero-order valence-corrected chi connectivity index (χ0v) is 15.4. The molecule has 2 aliphatic heterocycles. The monoisotopic (exact) mass is 351 g/mol. The van der Waals surface area contributed by atoms with Crippen LogP contribution < -0.4 is 9.64 Å². The molecular formula is C21H25N3O2. The molecule has 1 N–H and O–H groups in total. The van der Waals surface area contributed by atoms with Crippen molar-refractivity contribution in [1.82, 2.24) is 4.98 Å². The maximum absolute atomic E-state index is 9.95. The summed E-state index contributed by atoms with van der Waals surface area (Å²) in [6.45, 7) is 6.34. The van der Waals surface area contributed by atoms with Crippen LogP contribution in [0.1, 0.15) is 43.4 Å². The van der Waals surface area contributed by atoms with Gasteiger partial charge in [-0.05, 0) is 56.5 Å². The number of β-amino-alcohol motifs (C(OH)–C–C–N with tert-alkyl or cyclic N) is 1. The molecular weight excluding hydrogens is 326 g/mol. The molecule has 1 fully saturated rings. The van der Waals surface area contributed by atoms with Gasteiger partial charge in [0, 0.05) is 30.4 Å². The van der Waals surface area contributed by atoms with Crippen LogP contribution in [0.4, 0.5) is 5.82 Å². The lowest BCUT2D eigenvalue weighted by molar-refractivity contribution is 0.154. The Morgan fingerprint density at radius 3 is 2.92 bits per heavy atom. The zero-order chi connectivity index (χ0) is 18.1. The van der Waals surface area contributed by atoms with Crippen molar-refractivity contribution in [3.63, 3.8) is 0 Å². The number of piperidine rings is 1. The number of hydrogen-bond donors (Lipinski definition) is 1. The van der Waals surface area contributed by atoms with Gasteiger partial charge < -0.3 is 14.7 Å². The second-order valence-corrected chi connectivity index (χ2v) is 7.30. The Balaban J connectivity index is 1.63. The molecule has 1 saturated heterocycles. The first-order valence-corrected chi connectivity index (χ1v) is 9.34. The minimum atomic E-state index is -0.269. The quantitative estimate of drug-likeness (QED) is 0.919. The van der Waals surface area contributed by atoms with E-state index in [2.05, 4.69) is 28.1 Å². The predicted molar refractivity (Wildman–Crippen MR) is 103 cm³/mol. The Morgan fingerprint density at radius 1 is 1.23 bits per heavy atom. The van der Waals surface area contributed by atoms with Crippen LogP contribution in [0.3, 0.4) is 0 Å². The number of ether oxygens (including phenoxy) is 1. The molecule has 2 aromatic rings. The first kappa shape index (κ1) is 17.0. The lowest BCUT2D eigenvalue weighted by atomic mass is 10.00. The molecule has 5 nitrogen and oxygen atoms in total. The number of rotatable bonds is 4. The maximum Gasteiger partial charge on any atom is 0.129 e. The normalized spacial score (nSPS) is 19.5. The van der Waals surface area contributed by atoms with E-state index in [1.165, 1.54) is 5.56 Å². The summed E-state index contributed by atoms with van der Waals surface area (Å²) in [6, 6.07) is 10.3. The van der Waals surface area contributed by atoms with Gasteiger partial charge in [-0.2, -0.15) is 0 Å². The van der Waals surface area contributed by atoms with Gasteiger partial charge in [-0.1, -0.05) is 6.07 Å². The number of nitrogens with zero attached hydrogens (tertiary/aromatic N) is 3. The van der Waals surface area contributed by atoms with Crippen molar-refractivity contribution >= 4 is 11.5 Å². The highest BCUT2D eigenvalue weighted by molar-refractivity contribution is 6.15. The summed E-state index contributed by atoms with van der Waals surface area (Å²) in [7, 11) is 0. The Kier molecular flexibility index (Phi) is 4.64. The predicted octanol–water partition coefficient (Wildman–Crippen LogP) is 3.18. The highest BCUT2D eigenvalue weighted by Crippen LogP contribution is 2.29. The van der Waals surface area contributed by atoms with Gasteiger partial charge in [-0.3, -0.25) is 4.99 Å². The number of fused-ring (bicyclic) bond motifs is 1. The number of aliphatic hydroxyl groups excluding tert-OH is 1. The Bertz CT molecular complexity index is 832. The van der Waals surface area contributed by atoms with E-state index < -0.39 is 0 Å². The number of aliphatic hydroxyl groups is 1. The van der Waals surface area contributed by atoms with Crippen molar-refractivity contribution in [2.24, 2.45) is 4.99 Å². The molecule has 26 heavy (non-hydrogen) atoms. The van der Waals surface area contributed by atoms with Crippen LogP contribution in [0.15, 0.2) is 41.5 Å². The molecule has 2 aliphatic rings. The molecule has 0 bridgehead atoms. The molecule has 1 aromatic carbocycles. The minimum absolute atomic E-state index is 0.146. The van der Waals surface area contributed by atoms with E-state index >= 15 is 0 Å². The third-order valence-corrected chi connectivity index (χ3v) is 4.86. The fourth-order valence-electron chi connectivity index (χ4n) is 3.66. The summed E-state index contributed by atoms with van der Waals surface area (Å²) in [6.07, 6.45) is 3.57. The summed E-state index contributed by atoms with van der Waals surface area (Å²) >= 11 is 0. The number of pyridine rings is 1. The average Bonchev–Trinajstić information content (AvgIpc) is 3.04. The molecule has 0 saturated carbocycles. The summed E-state index contributed by atoms with van der Waals surface area (Å²) in [4.78, 5) is 11.4. The Hall–Kier alpha value is -2.40. The van der Waals surface area contributed by atoms with Crippen molar-refractivity contribution in [2.45, 2.75) is 45.4 Å². The fraction of sp³-hybridized carbons (Fsp3) is 0.429. The fourth-order valence-corrected chi connectivity index (χ4v) is 3.66. The van der Waals surface area contributed by atoms with Crippen molar-refractivity contribution in [2.75, 3.05) is 18.0 Å². The first-order chi connectivity index (χ1) is 12.6. The molecule has 4 rings (SSSR count). The Labute approximate surface area is 154 Å². The lowest BCUT2D eigenvalue weighted by Crippen LogP contribution is -2.38. The van der Waals surface area contributed by atoms with E-state index in [-0.39, 0.29) is 12.2 Å². The molecule has 1 atom stereocenters. The van der Waals surface area contributed by atoms with Crippen LogP contribution >= 0.6 is 0 Å². The first-order valence-electron chi connectivity index (χ1n) is 9.34. The highest BCUT2D eigenvalue weighted by Gasteiger charge is 2.22. The topological polar surface area (TPSA) is 58.0 Å². The second-order valence-electron chi connectivity index (χ2n) is 7.30. The third-order valence-electron chi connectivity index (χ3n) is 4.86. The van der Waals surface area contributed by atoms with Crippen molar-refractivity contribution in [3.8, 4) is 5.75 Å². The van der Waals surface area contributed by atoms with Gasteiger partial charge in [0.05, 0.1) is 24.5 Å². The van der Waals surface area contributed by atoms with Crippen LogP contribution in [0.5, 0.6) is 5.75 Å². The molecule has 0 aliphatic carbocycles. The summed E-state index contributed by atoms with van der Waals surface area (Å²) < 4.78 is 5.85. The average molecular weight is 351 g/mol. The van der Waals surface area contributed by atoms with Gasteiger partial charge >= 0.3 is 0 Å². The molecule has 0 spiro atoms. The van der Waals surface area contributed by atoms with Gasteiger partial charge in [-0.15, -0.1) is 0 Å². The second kappa shape index (κ2) is 7.08. The van der Waals surface area contributed by atoms with E-state index in [1.54, 1.807) is 0 Å². The molecule has 1 unspecified atom stereocenters. The largest absolute Gasteiger partial charge is 0.491 e. The Morgan fingerprint density at radius 2 is 2.12 bits per heavy atom. The van der Waals surface area contributed by atoms with Gasteiger partial charge in [0.1, 0.15) is 11.6 Å². The van der Waals surface area contributed by atoms with E-state index in [0.717, 1.165) is 47.8 Å². The van der Waals surface area contributed by atoms with Crippen LogP contribution in [-0.2, 0) is 6.54 Å². The number of anilines is 1. The zero-order valence-electron chi connectivity index (χ0n) is 15.4. The van der Waals surface area contributed by atoms with E-state index in [0.29, 0.717) is 13.1 Å². The summed E-state index contributed by atoms with van der Waals surface area (Å²) in [5, 5.41) is 9.95. The molecule has 5 heteroatoms. The maximum atomic E-state index is 9.95. The van der Waals surface area contributed by atoms with Crippen LogP contribution in [0, 0.1) is 0 Å². The summed E-state index contributed by atoms with van der Waals surface area (Å²) in [5.41, 5.74) is 4.42. The van der Waals surface area contributed by atoms with Crippen molar-refractivity contribution in [3.05, 3.63) is 53.2 Å². The van der Waals surface area contributed by atoms with Crippen LogP contribution in [0.25, 0.3) is 0 Å². The van der Waals surface area contributed by atoms with Crippen molar-refractivity contribution in [1.29, 1.82) is 0 Å². The molecule has 0 amide bonds. The number of hydrogen-bond acceptors (Lipinski definition) is 5. The van der Waals surface area contributed by atoms with Gasteiger partial charge in [0.2, 0.25) is 0 Å². The third kappa shape index (κ3) is 3.44. The number of aromatic nitrogens is 1. The van der Waals surface area contributed by atoms with Gasteiger partial charge in [0.15, 0.2) is 0 Å². The smallest absolute Gasteiger partial charge is 0.129 e. The molecule has 1 aromatic heterocycles. The molecule has 0 radical (unpaired) electrons. The van der Waals surface area contributed by atoms with Gasteiger partial charge in [0.25, 0.3) is 0 Å². The summed E-state index contributed by atoms with van der Waals surface area (Å²) in [5.74, 6) is 1.79. The van der Waals surface area contributed by atoms with E-state index in [4.69, 9.17) is 9.73 Å². The van der Waals surface area contributed by atoms with E-state index in [1.807, 2.05) is 32.2 Å². The SMILES string of the molecule is CC(C)Oc1ccc2c(c1)C(c1ccnc(N3CCCC(O)C3)c1)=NC2. The standard InChI is InChI=1S/C21H25N3O2/c1-14(2)26-18-6-5-16-12-23-21(19(16)11-18)15-7-8-22-20(10-15)24-9-3-4-17(25)13-24/h5-8,10-11,14,17,25H,3-4,9,12-13H2,1-2H3. The highest BCUT2D eigenvalue weighted by atomic mass is 16.5. The van der Waals surface area contributed by atoms with Crippen LogP contribution in [-0.4, -0.2) is 41.1 Å². The molecule has 3 heterocycles. The number of aliphatic imine (C=N–C) groups is 1. The lowest BCUT2D eigenvalue weighted by Gasteiger charge is -2.31. The minimum Gasteiger partial charge on any atom is -0.491 e. The van der Waals surface area contributed by atoms with Gasteiger partial charge in [-0.25, -0.2) is 4.98 Å². The molecule has 136 valence electrons. The number of benzene rings is 1. The van der Waals surface area contributed by atoms with Crippen molar-refractivity contribution < 1.29 is 9.84 Å². The van der Waals surface area contributed by atoms with Crippen LogP contribution in [0.2, 0.25) is 0 Å². The van der Waals surface area contributed by atoms with E-state index in [9.17, 15) is 5.11 Å².